The van der Waals surface area contributed by atoms with Gasteiger partial charge in [0, 0.05) is 4.75 Å². The van der Waals surface area contributed by atoms with E-state index in [1.807, 2.05) is 13.8 Å². The molecule has 0 aliphatic carbocycles. The minimum Gasteiger partial charge on any atom is -0.480 e. The maximum Gasteiger partial charge on any atom is 0.320 e. The van der Waals surface area contributed by atoms with Crippen LogP contribution in [0.5, 0.6) is 0 Å². The Kier molecular flexibility index (Phi) is 3.38. The first-order valence-electron chi connectivity index (χ1n) is 3.47. The maximum absolute atomic E-state index is 10.4. The van der Waals surface area contributed by atoms with Gasteiger partial charge < -0.3 is 10.8 Å². The molecule has 0 amide bonds. The summed E-state index contributed by atoms with van der Waals surface area (Å²) >= 11 is 4.24. The van der Waals surface area contributed by atoms with Gasteiger partial charge in [-0.1, -0.05) is 20.8 Å². The minimum atomic E-state index is -0.973. The number of aliphatic carboxylic acids is 1. The highest BCUT2D eigenvalue weighted by molar-refractivity contribution is 7.81. The van der Waals surface area contributed by atoms with Crippen molar-refractivity contribution in [2.75, 3.05) is 0 Å². The molecule has 3 N–H and O–H groups in total. The van der Waals surface area contributed by atoms with Gasteiger partial charge in [0.1, 0.15) is 6.04 Å². The van der Waals surface area contributed by atoms with Gasteiger partial charge in [-0.15, -0.1) is 0 Å². The number of carbonyl (C=O) groups is 1. The van der Waals surface area contributed by atoms with E-state index in [0.29, 0.717) is 0 Å². The number of thiol groups is 1. The number of hydrogen-bond acceptors (Lipinski definition) is 3. The largest absolute Gasteiger partial charge is 0.480 e. The van der Waals surface area contributed by atoms with Crippen LogP contribution in [0.4, 0.5) is 0 Å². The molecule has 0 radical (unpaired) electrons. The van der Waals surface area contributed by atoms with Gasteiger partial charge in [0.15, 0.2) is 0 Å². The summed E-state index contributed by atoms with van der Waals surface area (Å²) in [7, 11) is 0. The van der Waals surface area contributed by atoms with Crippen molar-refractivity contribution in [1.29, 1.82) is 0 Å². The highest BCUT2D eigenvalue weighted by Gasteiger charge is 2.30. The van der Waals surface area contributed by atoms with Gasteiger partial charge in [-0.05, 0) is 5.92 Å². The summed E-state index contributed by atoms with van der Waals surface area (Å²) in [6, 6.07) is -0.831. The van der Waals surface area contributed by atoms with E-state index in [1.54, 1.807) is 6.92 Å². The standard InChI is InChI=1S/C7H15NO2S/c1-4(7(2,3)11)5(8)6(9)10/h4-5,11H,8H2,1-3H3,(H,9,10)/t4?,5-/m0/s1. The molecule has 0 aromatic rings. The zero-order valence-corrected chi connectivity index (χ0v) is 7.93. The first-order chi connectivity index (χ1) is 4.76. The molecule has 1 unspecified atom stereocenters. The lowest BCUT2D eigenvalue weighted by Gasteiger charge is -2.28. The lowest BCUT2D eigenvalue weighted by atomic mass is 9.90. The summed E-state index contributed by atoms with van der Waals surface area (Å²) in [5.41, 5.74) is 5.40. The highest BCUT2D eigenvalue weighted by Crippen LogP contribution is 2.25. The maximum atomic E-state index is 10.4. The molecule has 4 heteroatoms. The average molecular weight is 177 g/mol. The van der Waals surface area contributed by atoms with E-state index in [4.69, 9.17) is 10.8 Å². The molecule has 0 aromatic carbocycles. The molecule has 0 rings (SSSR count). The molecule has 2 atom stereocenters. The number of nitrogens with two attached hydrogens (primary N) is 1. The van der Waals surface area contributed by atoms with E-state index in [1.165, 1.54) is 0 Å². The third kappa shape index (κ3) is 3.12. The molecule has 0 fully saturated rings. The highest BCUT2D eigenvalue weighted by atomic mass is 32.1. The Bertz CT molecular complexity index is 153. The van der Waals surface area contributed by atoms with Crippen LogP contribution in [0.1, 0.15) is 20.8 Å². The molecule has 0 heterocycles. The summed E-state index contributed by atoms with van der Waals surface area (Å²) in [6.07, 6.45) is 0. The number of hydrogen-bond donors (Lipinski definition) is 3. The topological polar surface area (TPSA) is 63.3 Å². The van der Waals surface area contributed by atoms with Crippen molar-refractivity contribution in [1.82, 2.24) is 0 Å². The smallest absolute Gasteiger partial charge is 0.320 e. The molecular weight excluding hydrogens is 162 g/mol. The monoisotopic (exact) mass is 177 g/mol. The van der Waals surface area contributed by atoms with E-state index in [-0.39, 0.29) is 10.7 Å². The van der Waals surface area contributed by atoms with E-state index < -0.39 is 12.0 Å². The molecule has 0 spiro atoms. The van der Waals surface area contributed by atoms with Crippen LogP contribution in [0, 0.1) is 5.92 Å². The third-order valence-corrected chi connectivity index (χ3v) is 2.35. The van der Waals surface area contributed by atoms with Crippen LogP contribution in [0.15, 0.2) is 0 Å². The van der Waals surface area contributed by atoms with Gasteiger partial charge in [0.05, 0.1) is 0 Å². The molecule has 0 aliphatic rings. The summed E-state index contributed by atoms with van der Waals surface area (Å²) < 4.78 is -0.349. The molecule has 66 valence electrons. The minimum absolute atomic E-state index is 0.150. The van der Waals surface area contributed by atoms with Crippen LogP contribution in [-0.4, -0.2) is 21.9 Å². The van der Waals surface area contributed by atoms with Crippen LogP contribution in [0.25, 0.3) is 0 Å². The summed E-state index contributed by atoms with van der Waals surface area (Å²) in [4.78, 5) is 10.4. The summed E-state index contributed by atoms with van der Waals surface area (Å²) in [5.74, 6) is -1.12. The van der Waals surface area contributed by atoms with Gasteiger partial charge >= 0.3 is 5.97 Å². The van der Waals surface area contributed by atoms with Gasteiger partial charge in [-0.25, -0.2) is 0 Å². The van der Waals surface area contributed by atoms with Crippen LogP contribution in [0.3, 0.4) is 0 Å². The van der Waals surface area contributed by atoms with Crippen LogP contribution < -0.4 is 5.73 Å². The van der Waals surface area contributed by atoms with Crippen LogP contribution in [0.2, 0.25) is 0 Å². The van der Waals surface area contributed by atoms with Crippen molar-refractivity contribution >= 4 is 18.6 Å². The molecule has 0 saturated carbocycles. The number of carboxylic acids is 1. The second-order valence-corrected chi connectivity index (χ2v) is 4.46. The Labute approximate surface area is 72.4 Å². The lowest BCUT2D eigenvalue weighted by Crippen LogP contribution is -2.44. The van der Waals surface area contributed by atoms with Crippen molar-refractivity contribution in [2.24, 2.45) is 11.7 Å². The molecule has 0 aromatic heterocycles. The van der Waals surface area contributed by atoms with Crippen molar-refractivity contribution in [2.45, 2.75) is 31.6 Å². The van der Waals surface area contributed by atoms with Gasteiger partial charge in [0.2, 0.25) is 0 Å². The van der Waals surface area contributed by atoms with Gasteiger partial charge in [-0.3, -0.25) is 4.79 Å². The van der Waals surface area contributed by atoms with E-state index in [9.17, 15) is 4.79 Å². The summed E-state index contributed by atoms with van der Waals surface area (Å²) in [6.45, 7) is 5.49. The zero-order valence-electron chi connectivity index (χ0n) is 7.03. The van der Waals surface area contributed by atoms with Crippen molar-refractivity contribution in [3.05, 3.63) is 0 Å². The molecule has 11 heavy (non-hydrogen) atoms. The Hall–Kier alpha value is -0.220. The predicted molar refractivity (Wildman–Crippen MR) is 47.8 cm³/mol. The average Bonchev–Trinajstić information content (AvgIpc) is 1.82. The Morgan fingerprint density at radius 1 is 1.64 bits per heavy atom. The van der Waals surface area contributed by atoms with Gasteiger partial charge in [0.25, 0.3) is 0 Å². The van der Waals surface area contributed by atoms with E-state index in [2.05, 4.69) is 12.6 Å². The van der Waals surface area contributed by atoms with Gasteiger partial charge in [-0.2, -0.15) is 12.6 Å². The van der Waals surface area contributed by atoms with Crippen molar-refractivity contribution < 1.29 is 9.90 Å². The normalized spacial score (nSPS) is 17.5. The molecular formula is C7H15NO2S. The molecule has 0 saturated heterocycles. The zero-order chi connectivity index (χ0) is 9.23. The molecule has 0 aliphatic heterocycles. The molecule has 0 bridgehead atoms. The van der Waals surface area contributed by atoms with E-state index in [0.717, 1.165) is 0 Å². The molecule has 3 nitrogen and oxygen atoms in total. The fraction of sp³-hybridized carbons (Fsp3) is 0.857. The third-order valence-electron chi connectivity index (χ3n) is 1.94. The van der Waals surface area contributed by atoms with E-state index >= 15 is 0 Å². The Morgan fingerprint density at radius 2 is 2.00 bits per heavy atom. The first kappa shape index (κ1) is 10.8. The number of carboxylic acid groups (broad SMARTS) is 1. The lowest BCUT2D eigenvalue weighted by molar-refractivity contribution is -0.139. The fourth-order valence-corrected chi connectivity index (χ4v) is 0.814. The Morgan fingerprint density at radius 3 is 2.09 bits per heavy atom. The number of rotatable bonds is 3. The summed E-state index contributed by atoms with van der Waals surface area (Å²) in [5, 5.41) is 8.56. The second-order valence-electron chi connectivity index (χ2n) is 3.31. The first-order valence-corrected chi connectivity index (χ1v) is 3.92. The second kappa shape index (κ2) is 3.45. The quantitative estimate of drug-likeness (QED) is 0.557. The Balaban J connectivity index is 4.25. The van der Waals surface area contributed by atoms with Crippen molar-refractivity contribution in [3.8, 4) is 0 Å². The van der Waals surface area contributed by atoms with Crippen LogP contribution >= 0.6 is 12.6 Å². The SMILES string of the molecule is CC([C@H](N)C(=O)O)C(C)(C)S. The van der Waals surface area contributed by atoms with Crippen molar-refractivity contribution in [3.63, 3.8) is 0 Å². The predicted octanol–water partition coefficient (Wildman–Crippen LogP) is 0.743. The van der Waals surface area contributed by atoms with Crippen LogP contribution in [-0.2, 0) is 4.79 Å². The fourth-order valence-electron chi connectivity index (χ4n) is 0.653.